The quantitative estimate of drug-likeness (QED) is 0.589. The van der Waals surface area contributed by atoms with E-state index in [-0.39, 0.29) is 17.9 Å². The Morgan fingerprint density at radius 1 is 1.25 bits per heavy atom. The second-order valence-corrected chi connectivity index (χ2v) is 6.91. The number of nitrogens with zero attached hydrogens (tertiary/aromatic N) is 2. The fourth-order valence-electron chi connectivity index (χ4n) is 2.83. The van der Waals surface area contributed by atoms with Gasteiger partial charge in [0, 0.05) is 24.5 Å². The molecule has 6 nitrogen and oxygen atoms in total. The zero-order valence-corrected chi connectivity index (χ0v) is 16.4. The average Bonchev–Trinajstić information content (AvgIpc) is 2.69. The zero-order chi connectivity index (χ0) is 19.9. The van der Waals surface area contributed by atoms with Crippen molar-refractivity contribution in [2.24, 2.45) is 0 Å². The van der Waals surface area contributed by atoms with Crippen LogP contribution >= 0.6 is 11.6 Å². The van der Waals surface area contributed by atoms with E-state index in [0.717, 1.165) is 11.3 Å². The Bertz CT molecular complexity index is 1030. The molecule has 2 aromatic carbocycles. The topological polar surface area (TPSA) is 73.2 Å². The Balaban J connectivity index is 1.40. The number of rotatable bonds is 8. The lowest BCUT2D eigenvalue weighted by Gasteiger charge is -2.10. The van der Waals surface area contributed by atoms with Gasteiger partial charge in [-0.15, -0.1) is 0 Å². The van der Waals surface area contributed by atoms with Crippen molar-refractivity contribution < 1.29 is 9.53 Å². The van der Waals surface area contributed by atoms with E-state index in [1.165, 1.54) is 10.9 Å². The summed E-state index contributed by atoms with van der Waals surface area (Å²) in [5, 5.41) is 4.08. The predicted octanol–water partition coefficient (Wildman–Crippen LogP) is 3.33. The monoisotopic (exact) mass is 399 g/mol. The second kappa shape index (κ2) is 9.37. The van der Waals surface area contributed by atoms with Crippen LogP contribution in [0.3, 0.4) is 0 Å². The van der Waals surface area contributed by atoms with E-state index >= 15 is 0 Å². The normalized spacial score (nSPS) is 10.8. The largest absolute Gasteiger partial charge is 0.493 e. The summed E-state index contributed by atoms with van der Waals surface area (Å²) in [5.41, 5.74) is 1.50. The van der Waals surface area contributed by atoms with E-state index in [4.69, 9.17) is 16.3 Å². The molecular weight excluding hydrogens is 378 g/mol. The molecule has 0 aliphatic rings. The molecule has 1 aromatic heterocycles. The first-order chi connectivity index (χ1) is 13.5. The highest BCUT2D eigenvalue weighted by Crippen LogP contribution is 2.21. The van der Waals surface area contributed by atoms with Gasteiger partial charge in [-0.1, -0.05) is 23.7 Å². The number of benzene rings is 2. The molecule has 1 N–H and O–H groups in total. The lowest BCUT2D eigenvalue weighted by atomic mass is 10.2. The second-order valence-electron chi connectivity index (χ2n) is 6.47. The van der Waals surface area contributed by atoms with Crippen LogP contribution in [0.25, 0.3) is 10.9 Å². The predicted molar refractivity (Wildman–Crippen MR) is 110 cm³/mol. The van der Waals surface area contributed by atoms with Crippen molar-refractivity contribution in [2.75, 3.05) is 13.2 Å². The third kappa shape index (κ3) is 5.10. The van der Waals surface area contributed by atoms with Gasteiger partial charge in [0.2, 0.25) is 5.91 Å². The van der Waals surface area contributed by atoms with Crippen molar-refractivity contribution in [3.8, 4) is 5.75 Å². The molecule has 1 heterocycles. The van der Waals surface area contributed by atoms with E-state index in [0.29, 0.717) is 42.0 Å². The maximum atomic E-state index is 12.4. The number of hydrogen-bond acceptors (Lipinski definition) is 4. The fraction of sp³-hybridized carbons (Fsp3) is 0.286. The van der Waals surface area contributed by atoms with Crippen molar-refractivity contribution >= 4 is 28.4 Å². The van der Waals surface area contributed by atoms with Gasteiger partial charge in [-0.25, -0.2) is 4.98 Å². The fourth-order valence-corrected chi connectivity index (χ4v) is 3.06. The third-order valence-corrected chi connectivity index (χ3v) is 4.58. The number of nitrogens with one attached hydrogen (secondary N) is 1. The Morgan fingerprint density at radius 3 is 2.89 bits per heavy atom. The highest BCUT2D eigenvalue weighted by molar-refractivity contribution is 6.30. The van der Waals surface area contributed by atoms with Crippen LogP contribution < -0.4 is 15.6 Å². The molecule has 28 heavy (non-hydrogen) atoms. The molecule has 0 atom stereocenters. The van der Waals surface area contributed by atoms with Crippen molar-refractivity contribution in [2.45, 2.75) is 26.3 Å². The molecule has 0 spiro atoms. The van der Waals surface area contributed by atoms with Crippen LogP contribution in [0.15, 0.2) is 53.6 Å². The molecule has 0 saturated carbocycles. The Kier molecular flexibility index (Phi) is 6.66. The molecule has 0 bridgehead atoms. The first-order valence-electron chi connectivity index (χ1n) is 9.14. The molecular formula is C21H22ClN3O3. The number of ether oxygens (including phenoxy) is 1. The van der Waals surface area contributed by atoms with E-state index in [1.807, 2.05) is 25.1 Å². The number of halogens is 1. The summed E-state index contributed by atoms with van der Waals surface area (Å²) in [5.74, 6) is 0.682. The Morgan fingerprint density at radius 2 is 2.07 bits per heavy atom. The minimum atomic E-state index is -0.134. The van der Waals surface area contributed by atoms with Crippen LogP contribution in [-0.2, 0) is 11.3 Å². The van der Waals surface area contributed by atoms with Crippen LogP contribution in [0.5, 0.6) is 5.75 Å². The first kappa shape index (κ1) is 19.9. The highest BCUT2D eigenvalue weighted by Gasteiger charge is 2.06. The third-order valence-electron chi connectivity index (χ3n) is 4.35. The highest BCUT2D eigenvalue weighted by atomic mass is 35.5. The van der Waals surface area contributed by atoms with Crippen molar-refractivity contribution in [1.29, 1.82) is 0 Å². The average molecular weight is 400 g/mol. The number of hydrogen-bond donors (Lipinski definition) is 1. The van der Waals surface area contributed by atoms with Gasteiger partial charge in [0.05, 0.1) is 23.8 Å². The summed E-state index contributed by atoms with van der Waals surface area (Å²) >= 11 is 5.92. The lowest BCUT2D eigenvalue weighted by Crippen LogP contribution is -2.28. The summed E-state index contributed by atoms with van der Waals surface area (Å²) in [6.07, 6.45) is 2.39. The maximum Gasteiger partial charge on any atom is 0.261 e. The molecule has 0 fully saturated rings. The molecule has 0 saturated heterocycles. The molecule has 0 aliphatic carbocycles. The van der Waals surface area contributed by atoms with Crippen LogP contribution in [0.2, 0.25) is 5.02 Å². The molecule has 0 radical (unpaired) electrons. The number of fused-ring (bicyclic) bond motifs is 1. The van der Waals surface area contributed by atoms with Crippen molar-refractivity contribution in [1.82, 2.24) is 14.9 Å². The van der Waals surface area contributed by atoms with Crippen molar-refractivity contribution in [3.05, 3.63) is 69.7 Å². The number of aryl methyl sites for hydroxylation is 2. The molecule has 146 valence electrons. The van der Waals surface area contributed by atoms with Gasteiger partial charge in [-0.2, -0.15) is 0 Å². The smallest absolute Gasteiger partial charge is 0.261 e. The zero-order valence-electron chi connectivity index (χ0n) is 15.7. The number of carbonyl (C=O) groups excluding carboxylic acids is 1. The van der Waals surface area contributed by atoms with Gasteiger partial charge in [-0.3, -0.25) is 14.2 Å². The molecule has 3 aromatic rings. The van der Waals surface area contributed by atoms with Gasteiger partial charge in [0.25, 0.3) is 5.56 Å². The van der Waals surface area contributed by atoms with Gasteiger partial charge in [0.1, 0.15) is 5.75 Å². The molecule has 7 heteroatoms. The molecule has 0 aliphatic heterocycles. The first-order valence-corrected chi connectivity index (χ1v) is 9.52. The van der Waals surface area contributed by atoms with Gasteiger partial charge in [0.15, 0.2) is 0 Å². The van der Waals surface area contributed by atoms with Gasteiger partial charge in [-0.05, 0) is 49.2 Å². The van der Waals surface area contributed by atoms with Crippen LogP contribution in [0.4, 0.5) is 0 Å². The summed E-state index contributed by atoms with van der Waals surface area (Å²) in [6, 6.07) is 12.6. The standard InChI is InChI=1S/C21H22ClN3O3/c1-15-13-16(22)7-8-19(15)28-12-4-10-23-20(26)9-11-25-14-24-18-6-3-2-5-17(18)21(25)27/h2-3,5-8,13-14H,4,9-12H2,1H3,(H,23,26). The van der Waals surface area contributed by atoms with E-state index in [2.05, 4.69) is 10.3 Å². The Labute approximate surface area is 168 Å². The minimum Gasteiger partial charge on any atom is -0.493 e. The van der Waals surface area contributed by atoms with Crippen LogP contribution in [0.1, 0.15) is 18.4 Å². The van der Waals surface area contributed by atoms with E-state index in [1.54, 1.807) is 24.3 Å². The van der Waals surface area contributed by atoms with E-state index in [9.17, 15) is 9.59 Å². The number of para-hydroxylation sites is 1. The SMILES string of the molecule is Cc1cc(Cl)ccc1OCCCNC(=O)CCn1cnc2ccccc2c1=O. The summed E-state index contributed by atoms with van der Waals surface area (Å²) in [7, 11) is 0. The van der Waals surface area contributed by atoms with Gasteiger partial charge < -0.3 is 10.1 Å². The number of amides is 1. The Hall–Kier alpha value is -2.86. The lowest BCUT2D eigenvalue weighted by molar-refractivity contribution is -0.121. The summed E-state index contributed by atoms with van der Waals surface area (Å²) in [6.45, 7) is 3.24. The van der Waals surface area contributed by atoms with E-state index < -0.39 is 0 Å². The van der Waals surface area contributed by atoms with Crippen LogP contribution in [0, 0.1) is 6.92 Å². The van der Waals surface area contributed by atoms with Crippen molar-refractivity contribution in [3.63, 3.8) is 0 Å². The summed E-state index contributed by atoms with van der Waals surface area (Å²) < 4.78 is 7.16. The summed E-state index contributed by atoms with van der Waals surface area (Å²) in [4.78, 5) is 28.7. The molecule has 0 unspecified atom stereocenters. The minimum absolute atomic E-state index is 0.109. The molecule has 1 amide bonds. The van der Waals surface area contributed by atoms with Gasteiger partial charge >= 0.3 is 0 Å². The number of aromatic nitrogens is 2. The number of carbonyl (C=O) groups is 1. The maximum absolute atomic E-state index is 12.4. The molecule has 3 rings (SSSR count). The van der Waals surface area contributed by atoms with Crippen LogP contribution in [-0.4, -0.2) is 28.6 Å².